The Balaban J connectivity index is 2.15. The molecule has 0 aromatic rings. The summed E-state index contributed by atoms with van der Waals surface area (Å²) in [5, 5.41) is 0. The van der Waals surface area contributed by atoms with Crippen molar-refractivity contribution in [3.05, 3.63) is 11.6 Å². The van der Waals surface area contributed by atoms with Crippen LogP contribution in [0.5, 0.6) is 0 Å². The van der Waals surface area contributed by atoms with Crippen LogP contribution in [0.1, 0.15) is 46.0 Å². The minimum Gasteiger partial charge on any atom is -0.0891 e. The summed E-state index contributed by atoms with van der Waals surface area (Å²) in [5.74, 6) is 0.939. The smallest absolute Gasteiger partial charge is 0.0149 e. The van der Waals surface area contributed by atoms with Crippen molar-refractivity contribution in [2.24, 2.45) is 11.3 Å². The summed E-state index contributed by atoms with van der Waals surface area (Å²) in [4.78, 5) is 0.789. The number of rotatable bonds is 0. The summed E-state index contributed by atoms with van der Waals surface area (Å²) < 4.78 is 0. The highest BCUT2D eigenvalue weighted by molar-refractivity contribution is 9.09. The first-order valence-corrected chi connectivity index (χ1v) is 6.31. The molecule has 0 bridgehead atoms. The summed E-state index contributed by atoms with van der Waals surface area (Å²) in [5.41, 5.74) is 2.25. The first-order valence-electron chi connectivity index (χ1n) is 5.40. The van der Waals surface area contributed by atoms with Crippen LogP contribution in [0.3, 0.4) is 0 Å². The molecule has 3 atom stereocenters. The largest absolute Gasteiger partial charge is 0.0891 e. The first kappa shape index (κ1) is 9.76. The van der Waals surface area contributed by atoms with E-state index in [4.69, 9.17) is 0 Å². The third kappa shape index (κ3) is 1.86. The highest BCUT2D eigenvalue weighted by Crippen LogP contribution is 2.50. The van der Waals surface area contributed by atoms with Gasteiger partial charge < -0.3 is 0 Å². The van der Waals surface area contributed by atoms with Crippen LogP contribution in [0.2, 0.25) is 0 Å². The van der Waals surface area contributed by atoms with Crippen LogP contribution >= 0.6 is 15.9 Å². The van der Waals surface area contributed by atoms with Crippen molar-refractivity contribution in [3.63, 3.8) is 0 Å². The molecule has 74 valence electrons. The van der Waals surface area contributed by atoms with Gasteiger partial charge in [0.05, 0.1) is 0 Å². The van der Waals surface area contributed by atoms with E-state index in [9.17, 15) is 0 Å². The van der Waals surface area contributed by atoms with E-state index in [1.54, 1.807) is 5.57 Å². The van der Waals surface area contributed by atoms with Gasteiger partial charge in [0.15, 0.2) is 0 Å². The maximum atomic E-state index is 3.77. The van der Waals surface area contributed by atoms with Gasteiger partial charge in [-0.25, -0.2) is 0 Å². The van der Waals surface area contributed by atoms with E-state index in [1.807, 2.05) is 0 Å². The molecule has 2 aliphatic rings. The normalized spacial score (nSPS) is 45.3. The minimum absolute atomic E-state index is 0.628. The Morgan fingerprint density at radius 3 is 3.08 bits per heavy atom. The molecule has 0 nitrogen and oxygen atoms in total. The molecule has 0 spiro atoms. The van der Waals surface area contributed by atoms with Gasteiger partial charge in [-0.15, -0.1) is 0 Å². The lowest BCUT2D eigenvalue weighted by Gasteiger charge is -2.46. The standard InChI is InChI=1S/C12H19Br/c1-9-3-4-10-7-11(13)5-6-12(10,2)8-9/h3,10-11H,4-8H2,1-2H3. The van der Waals surface area contributed by atoms with Crippen molar-refractivity contribution in [2.45, 2.75) is 50.8 Å². The number of hydrogen-bond acceptors (Lipinski definition) is 0. The molecular weight excluding hydrogens is 224 g/mol. The Kier molecular flexibility index (Phi) is 2.57. The summed E-state index contributed by atoms with van der Waals surface area (Å²) in [6.07, 6.45) is 9.30. The fourth-order valence-corrected chi connectivity index (χ4v) is 3.75. The highest BCUT2D eigenvalue weighted by atomic mass is 79.9. The predicted octanol–water partition coefficient (Wildman–Crippen LogP) is 4.30. The third-order valence-electron chi connectivity index (χ3n) is 3.99. The molecule has 0 aliphatic heterocycles. The maximum Gasteiger partial charge on any atom is 0.0149 e. The Hall–Kier alpha value is 0.220. The summed E-state index contributed by atoms with van der Waals surface area (Å²) in [6, 6.07) is 0. The van der Waals surface area contributed by atoms with Gasteiger partial charge >= 0.3 is 0 Å². The van der Waals surface area contributed by atoms with Crippen LogP contribution in [0.4, 0.5) is 0 Å². The van der Waals surface area contributed by atoms with Crippen LogP contribution in [-0.4, -0.2) is 4.83 Å². The number of hydrogen-bond donors (Lipinski definition) is 0. The van der Waals surface area contributed by atoms with Crippen LogP contribution < -0.4 is 0 Å². The Labute approximate surface area is 89.9 Å². The van der Waals surface area contributed by atoms with Gasteiger partial charge in [0, 0.05) is 4.83 Å². The molecule has 13 heavy (non-hydrogen) atoms. The molecular formula is C12H19Br. The fourth-order valence-electron chi connectivity index (χ4n) is 3.07. The van der Waals surface area contributed by atoms with E-state index in [-0.39, 0.29) is 0 Å². The third-order valence-corrected chi connectivity index (χ3v) is 4.82. The summed E-state index contributed by atoms with van der Waals surface area (Å²) in [6.45, 7) is 4.79. The van der Waals surface area contributed by atoms with Crippen molar-refractivity contribution in [1.82, 2.24) is 0 Å². The second-order valence-electron chi connectivity index (χ2n) is 5.19. The summed E-state index contributed by atoms with van der Waals surface area (Å²) >= 11 is 3.77. The lowest BCUT2D eigenvalue weighted by atomic mass is 9.61. The predicted molar refractivity (Wildman–Crippen MR) is 61.2 cm³/mol. The van der Waals surface area contributed by atoms with E-state index < -0.39 is 0 Å². The average molecular weight is 243 g/mol. The number of fused-ring (bicyclic) bond motifs is 1. The second kappa shape index (κ2) is 3.42. The molecule has 2 aliphatic carbocycles. The summed E-state index contributed by atoms with van der Waals surface area (Å²) in [7, 11) is 0. The first-order chi connectivity index (χ1) is 6.10. The van der Waals surface area contributed by atoms with Crippen LogP contribution in [0.25, 0.3) is 0 Å². The second-order valence-corrected chi connectivity index (χ2v) is 6.48. The van der Waals surface area contributed by atoms with Crippen LogP contribution in [0, 0.1) is 11.3 Å². The lowest BCUT2D eigenvalue weighted by Crippen LogP contribution is -2.36. The Bertz CT molecular complexity index is 231. The van der Waals surface area contributed by atoms with E-state index in [1.165, 1.54) is 32.1 Å². The molecule has 0 saturated heterocycles. The topological polar surface area (TPSA) is 0 Å². The van der Waals surface area contributed by atoms with Crippen molar-refractivity contribution < 1.29 is 0 Å². The molecule has 0 aromatic heterocycles. The molecule has 0 aromatic carbocycles. The zero-order valence-corrected chi connectivity index (χ0v) is 10.2. The quantitative estimate of drug-likeness (QED) is 0.439. The molecule has 1 fully saturated rings. The molecule has 1 heteroatoms. The van der Waals surface area contributed by atoms with Gasteiger partial charge in [-0.3, -0.25) is 0 Å². The van der Waals surface area contributed by atoms with E-state index in [0.717, 1.165) is 10.7 Å². The highest BCUT2D eigenvalue weighted by Gasteiger charge is 2.40. The van der Waals surface area contributed by atoms with Gasteiger partial charge in [-0.2, -0.15) is 0 Å². The van der Waals surface area contributed by atoms with Crippen LogP contribution in [0.15, 0.2) is 11.6 Å². The Morgan fingerprint density at radius 2 is 2.31 bits per heavy atom. The number of alkyl halides is 1. The van der Waals surface area contributed by atoms with Crippen molar-refractivity contribution in [2.75, 3.05) is 0 Å². The zero-order valence-electron chi connectivity index (χ0n) is 8.65. The fraction of sp³-hybridized carbons (Fsp3) is 0.833. The molecule has 0 amide bonds. The molecule has 2 rings (SSSR count). The van der Waals surface area contributed by atoms with Crippen molar-refractivity contribution in [1.29, 1.82) is 0 Å². The van der Waals surface area contributed by atoms with Crippen LogP contribution in [-0.2, 0) is 0 Å². The minimum atomic E-state index is 0.628. The van der Waals surface area contributed by atoms with Crippen molar-refractivity contribution >= 4 is 15.9 Å². The Morgan fingerprint density at radius 1 is 1.54 bits per heavy atom. The number of halogens is 1. The SMILES string of the molecule is CC1=CCC2CC(Br)CCC2(C)C1. The maximum absolute atomic E-state index is 3.77. The average Bonchev–Trinajstić information content (AvgIpc) is 2.06. The number of allylic oxidation sites excluding steroid dienone is 2. The molecule has 3 unspecified atom stereocenters. The van der Waals surface area contributed by atoms with Gasteiger partial charge in [0.1, 0.15) is 0 Å². The van der Waals surface area contributed by atoms with Gasteiger partial charge in [0.2, 0.25) is 0 Å². The van der Waals surface area contributed by atoms with Crippen molar-refractivity contribution in [3.8, 4) is 0 Å². The van der Waals surface area contributed by atoms with Gasteiger partial charge in [-0.05, 0) is 50.4 Å². The molecule has 0 heterocycles. The lowest BCUT2D eigenvalue weighted by molar-refractivity contribution is 0.113. The van der Waals surface area contributed by atoms with E-state index in [2.05, 4.69) is 35.9 Å². The molecule has 0 N–H and O–H groups in total. The monoisotopic (exact) mass is 242 g/mol. The molecule has 1 saturated carbocycles. The van der Waals surface area contributed by atoms with E-state index in [0.29, 0.717) is 5.41 Å². The molecule has 0 radical (unpaired) electrons. The van der Waals surface area contributed by atoms with Gasteiger partial charge in [0.25, 0.3) is 0 Å². The van der Waals surface area contributed by atoms with Gasteiger partial charge in [-0.1, -0.05) is 34.5 Å². The van der Waals surface area contributed by atoms with E-state index >= 15 is 0 Å². The zero-order chi connectivity index (χ0) is 9.47.